The maximum atomic E-state index is 11.0. The third-order valence-electron chi connectivity index (χ3n) is 3.28. The Kier molecular flexibility index (Phi) is 3.06. The molecule has 1 unspecified atom stereocenters. The minimum absolute atomic E-state index is 0.292. The molecule has 1 aliphatic rings. The van der Waals surface area contributed by atoms with Crippen LogP contribution in [-0.2, 0) is 13.0 Å². The van der Waals surface area contributed by atoms with Gasteiger partial charge in [0.25, 0.3) is 0 Å². The van der Waals surface area contributed by atoms with E-state index >= 15 is 0 Å². The molecule has 0 bridgehead atoms. The predicted octanol–water partition coefficient (Wildman–Crippen LogP) is 2.61. The van der Waals surface area contributed by atoms with E-state index in [2.05, 4.69) is 29.4 Å². The van der Waals surface area contributed by atoms with Crippen LogP contribution in [0.25, 0.3) is 0 Å². The average molecular weight is 274 g/mol. The van der Waals surface area contributed by atoms with Crippen molar-refractivity contribution in [1.29, 1.82) is 0 Å². The summed E-state index contributed by atoms with van der Waals surface area (Å²) in [6, 6.07) is 8.40. The Morgan fingerprint density at radius 1 is 1.53 bits per heavy atom. The fourth-order valence-electron chi connectivity index (χ4n) is 2.39. The highest BCUT2D eigenvalue weighted by Gasteiger charge is 2.23. The first-order valence-electron chi connectivity index (χ1n) is 6.15. The molecule has 2 heterocycles. The molecule has 1 aromatic carbocycles. The average Bonchev–Trinajstić information content (AvgIpc) is 2.92. The minimum Gasteiger partial charge on any atom is -0.478 e. The minimum atomic E-state index is -0.911. The second-order valence-corrected chi connectivity index (χ2v) is 6.05. The fraction of sp³-hybridized carbons (Fsp3) is 0.286. The third-order valence-corrected chi connectivity index (χ3v) is 4.58. The van der Waals surface area contributed by atoms with Crippen LogP contribution in [0, 0.1) is 6.92 Å². The number of carboxylic acids is 1. The number of nitrogens with zero attached hydrogens (tertiary/aromatic N) is 2. The molecule has 98 valence electrons. The molecule has 0 saturated heterocycles. The fourth-order valence-corrected chi connectivity index (χ4v) is 3.69. The van der Waals surface area contributed by atoms with Crippen LogP contribution in [0.5, 0.6) is 0 Å². The van der Waals surface area contributed by atoms with Gasteiger partial charge in [-0.15, -0.1) is 11.8 Å². The second kappa shape index (κ2) is 4.74. The van der Waals surface area contributed by atoms with Gasteiger partial charge in [-0.25, -0.2) is 4.79 Å². The van der Waals surface area contributed by atoms with Gasteiger partial charge < -0.3 is 5.11 Å². The zero-order valence-electron chi connectivity index (χ0n) is 10.5. The van der Waals surface area contributed by atoms with Crippen LogP contribution in [0.15, 0.2) is 35.4 Å². The molecule has 0 fully saturated rings. The molecule has 1 aliphatic heterocycles. The lowest BCUT2D eigenvalue weighted by Gasteiger charge is -2.07. The zero-order valence-corrected chi connectivity index (χ0v) is 11.4. The lowest BCUT2D eigenvalue weighted by atomic mass is 10.1. The molecule has 1 N–H and O–H groups in total. The molecule has 19 heavy (non-hydrogen) atoms. The Hall–Kier alpha value is -1.75. The van der Waals surface area contributed by atoms with Crippen LogP contribution in [0.2, 0.25) is 0 Å². The van der Waals surface area contributed by atoms with Crippen molar-refractivity contribution in [3.8, 4) is 0 Å². The van der Waals surface area contributed by atoms with Gasteiger partial charge in [-0.3, -0.25) is 4.68 Å². The number of aromatic nitrogens is 2. The lowest BCUT2D eigenvalue weighted by molar-refractivity contribution is 0.0696. The number of fused-ring (bicyclic) bond motifs is 1. The van der Waals surface area contributed by atoms with Crippen LogP contribution in [0.3, 0.4) is 0 Å². The Morgan fingerprint density at radius 3 is 3.00 bits per heavy atom. The summed E-state index contributed by atoms with van der Waals surface area (Å²) < 4.78 is 1.75. The molecule has 4 nitrogen and oxygen atoms in total. The van der Waals surface area contributed by atoms with E-state index in [9.17, 15) is 4.79 Å². The quantitative estimate of drug-likeness (QED) is 0.934. The van der Waals surface area contributed by atoms with Crippen molar-refractivity contribution in [2.75, 3.05) is 0 Å². The first kappa shape index (κ1) is 12.3. The number of benzene rings is 1. The van der Waals surface area contributed by atoms with Crippen molar-refractivity contribution < 1.29 is 9.90 Å². The van der Waals surface area contributed by atoms with E-state index < -0.39 is 5.97 Å². The Labute approximate surface area is 115 Å². The van der Waals surface area contributed by atoms with Gasteiger partial charge in [0.15, 0.2) is 0 Å². The molecule has 0 aliphatic carbocycles. The Morgan fingerprint density at radius 2 is 2.32 bits per heavy atom. The van der Waals surface area contributed by atoms with E-state index in [4.69, 9.17) is 5.11 Å². The second-order valence-electron chi connectivity index (χ2n) is 4.71. The molecule has 3 rings (SSSR count). The van der Waals surface area contributed by atoms with Crippen molar-refractivity contribution in [2.24, 2.45) is 0 Å². The van der Waals surface area contributed by atoms with Gasteiger partial charge in [-0.05, 0) is 25.0 Å². The summed E-state index contributed by atoms with van der Waals surface area (Å²) in [6.45, 7) is 2.48. The van der Waals surface area contributed by atoms with Crippen molar-refractivity contribution >= 4 is 17.7 Å². The van der Waals surface area contributed by atoms with Crippen LogP contribution in [-0.4, -0.2) is 26.1 Å². The summed E-state index contributed by atoms with van der Waals surface area (Å²) in [5.41, 5.74) is 2.24. The maximum absolute atomic E-state index is 11.0. The molecule has 5 heteroatoms. The highest BCUT2D eigenvalue weighted by atomic mass is 32.2. The van der Waals surface area contributed by atoms with Gasteiger partial charge in [0.05, 0.1) is 12.2 Å². The predicted molar refractivity (Wildman–Crippen MR) is 73.7 cm³/mol. The largest absolute Gasteiger partial charge is 0.478 e. The van der Waals surface area contributed by atoms with E-state index in [1.54, 1.807) is 17.8 Å². The summed E-state index contributed by atoms with van der Waals surface area (Å²) in [7, 11) is 0. The van der Waals surface area contributed by atoms with Crippen LogP contribution < -0.4 is 0 Å². The molecule has 2 aromatic rings. The number of thioether (sulfide) groups is 1. The molecular weight excluding hydrogens is 260 g/mol. The standard InChI is InChI=1S/C14H14N2O2S/c1-9-12(14(17)18)8-16(15-9)7-11-6-10-4-2-3-5-13(10)19-11/h2-5,8,11H,6-7H2,1H3,(H,17,18). The Balaban J connectivity index is 1.74. The monoisotopic (exact) mass is 274 g/mol. The number of aryl methyl sites for hydroxylation is 1. The highest BCUT2D eigenvalue weighted by Crippen LogP contribution is 2.37. The van der Waals surface area contributed by atoms with Gasteiger partial charge >= 0.3 is 5.97 Å². The van der Waals surface area contributed by atoms with Gasteiger partial charge in [-0.2, -0.15) is 5.10 Å². The Bertz CT molecular complexity index is 611. The highest BCUT2D eigenvalue weighted by molar-refractivity contribution is 8.00. The van der Waals surface area contributed by atoms with E-state index in [1.165, 1.54) is 10.5 Å². The number of carbonyl (C=O) groups is 1. The first-order valence-corrected chi connectivity index (χ1v) is 7.03. The first-order chi connectivity index (χ1) is 9.13. The normalized spacial score (nSPS) is 17.4. The van der Waals surface area contributed by atoms with Crippen molar-refractivity contribution in [3.63, 3.8) is 0 Å². The number of hydrogen-bond acceptors (Lipinski definition) is 3. The smallest absolute Gasteiger partial charge is 0.339 e. The van der Waals surface area contributed by atoms with Crippen LogP contribution in [0.1, 0.15) is 21.6 Å². The molecule has 1 atom stereocenters. The number of carboxylic acid groups (broad SMARTS) is 1. The van der Waals surface area contributed by atoms with E-state index in [0.29, 0.717) is 16.5 Å². The van der Waals surface area contributed by atoms with Crippen LogP contribution in [0.4, 0.5) is 0 Å². The number of aromatic carboxylic acids is 1. The van der Waals surface area contributed by atoms with Crippen molar-refractivity contribution in [3.05, 3.63) is 47.3 Å². The lowest BCUT2D eigenvalue weighted by Crippen LogP contribution is -2.12. The molecule has 0 saturated carbocycles. The van der Waals surface area contributed by atoms with E-state index in [0.717, 1.165) is 13.0 Å². The van der Waals surface area contributed by atoms with E-state index in [1.807, 2.05) is 11.8 Å². The molecule has 0 amide bonds. The molecule has 0 radical (unpaired) electrons. The summed E-state index contributed by atoms with van der Waals surface area (Å²) in [5.74, 6) is -0.911. The van der Waals surface area contributed by atoms with Gasteiger partial charge in [0.1, 0.15) is 5.56 Å². The summed E-state index contributed by atoms with van der Waals surface area (Å²) in [4.78, 5) is 12.3. The van der Waals surface area contributed by atoms with E-state index in [-0.39, 0.29) is 0 Å². The molecule has 0 spiro atoms. The van der Waals surface area contributed by atoms with Gasteiger partial charge in [-0.1, -0.05) is 18.2 Å². The van der Waals surface area contributed by atoms with Gasteiger partial charge in [0, 0.05) is 16.3 Å². The van der Waals surface area contributed by atoms with Gasteiger partial charge in [0.2, 0.25) is 0 Å². The molecular formula is C14H14N2O2S. The third kappa shape index (κ3) is 2.38. The summed E-state index contributed by atoms with van der Waals surface area (Å²) >= 11 is 1.85. The number of hydrogen-bond donors (Lipinski definition) is 1. The summed E-state index contributed by atoms with van der Waals surface area (Å²) in [6.07, 6.45) is 2.64. The van der Waals surface area contributed by atoms with Crippen molar-refractivity contribution in [2.45, 2.75) is 30.0 Å². The summed E-state index contributed by atoms with van der Waals surface area (Å²) in [5, 5.41) is 13.7. The SMILES string of the molecule is Cc1nn(CC2Cc3ccccc3S2)cc1C(=O)O. The zero-order chi connectivity index (χ0) is 13.4. The molecule has 1 aromatic heterocycles. The van der Waals surface area contributed by atoms with Crippen LogP contribution >= 0.6 is 11.8 Å². The maximum Gasteiger partial charge on any atom is 0.339 e. The van der Waals surface area contributed by atoms with Crippen molar-refractivity contribution in [1.82, 2.24) is 9.78 Å². The topological polar surface area (TPSA) is 55.1 Å². The number of rotatable bonds is 3.